The number of hydrogen-bond acceptors (Lipinski definition) is 2. The molecule has 0 heterocycles. The first-order valence-electron chi connectivity index (χ1n) is 8.41. The molecule has 132 valence electrons. The number of nitrogens with zero attached hydrogens (tertiary/aromatic N) is 1. The molecular weight excluding hydrogens is 360 g/mol. The third-order valence-corrected chi connectivity index (χ3v) is 5.61. The second kappa shape index (κ2) is 8.43. The predicted molar refractivity (Wildman–Crippen MR) is 115 cm³/mol. The van der Waals surface area contributed by atoms with Gasteiger partial charge < -0.3 is 5.73 Å². The van der Waals surface area contributed by atoms with Crippen molar-refractivity contribution in [2.45, 2.75) is 19.1 Å². The molecule has 2 nitrogen and oxygen atoms in total. The van der Waals surface area contributed by atoms with Gasteiger partial charge >= 0.3 is 0 Å². The quantitative estimate of drug-likeness (QED) is 0.418. The zero-order chi connectivity index (χ0) is 18.5. The van der Waals surface area contributed by atoms with Crippen molar-refractivity contribution < 1.29 is 0 Å². The van der Waals surface area contributed by atoms with E-state index in [1.54, 1.807) is 11.8 Å². The summed E-state index contributed by atoms with van der Waals surface area (Å²) < 4.78 is 0. The van der Waals surface area contributed by atoms with E-state index in [2.05, 4.69) is 43.1 Å². The van der Waals surface area contributed by atoms with Gasteiger partial charge in [-0.05, 0) is 60.4 Å². The molecule has 3 rings (SSSR count). The molecule has 0 aromatic heterocycles. The molecule has 0 bridgehead atoms. The van der Waals surface area contributed by atoms with Crippen LogP contribution in [0.5, 0.6) is 0 Å². The highest BCUT2D eigenvalue weighted by Crippen LogP contribution is 2.36. The molecule has 0 radical (unpaired) electrons. The summed E-state index contributed by atoms with van der Waals surface area (Å²) in [6, 6.07) is 24.3. The number of amidine groups is 1. The molecule has 0 aliphatic rings. The first-order valence-corrected chi connectivity index (χ1v) is 9.67. The van der Waals surface area contributed by atoms with Crippen molar-refractivity contribution in [2.24, 2.45) is 10.7 Å². The molecule has 0 spiro atoms. The van der Waals surface area contributed by atoms with Gasteiger partial charge in [0, 0.05) is 5.02 Å². The fourth-order valence-electron chi connectivity index (χ4n) is 2.66. The van der Waals surface area contributed by atoms with E-state index in [0.29, 0.717) is 5.17 Å². The molecule has 1 atom stereocenters. The summed E-state index contributed by atoms with van der Waals surface area (Å²) in [5.41, 5.74) is 11.9. The summed E-state index contributed by atoms with van der Waals surface area (Å²) in [5, 5.41) is 1.32. The Morgan fingerprint density at radius 1 is 0.885 bits per heavy atom. The number of rotatable bonds is 4. The van der Waals surface area contributed by atoms with Gasteiger partial charge in [0.1, 0.15) is 0 Å². The van der Waals surface area contributed by atoms with Crippen LogP contribution < -0.4 is 5.73 Å². The molecule has 0 unspecified atom stereocenters. The Kier molecular flexibility index (Phi) is 6.02. The Morgan fingerprint density at radius 2 is 1.54 bits per heavy atom. The van der Waals surface area contributed by atoms with Crippen LogP contribution >= 0.6 is 23.4 Å². The zero-order valence-corrected chi connectivity index (χ0v) is 16.4. The molecule has 0 saturated carbocycles. The van der Waals surface area contributed by atoms with Crippen molar-refractivity contribution in [3.63, 3.8) is 0 Å². The Labute approximate surface area is 164 Å². The standard InChI is InChI=1S/C22H21ClN2S/c1-15-8-13-20(14-16(15)2)25-22(24)26-21(17-6-4-3-5-7-17)18-9-11-19(23)12-10-18/h3-14,21H,1-2H3,(H2,24,25)/t21-/m1/s1. The molecule has 0 fully saturated rings. The van der Waals surface area contributed by atoms with Gasteiger partial charge in [0.05, 0.1) is 10.9 Å². The van der Waals surface area contributed by atoms with Crippen molar-refractivity contribution in [1.29, 1.82) is 0 Å². The smallest absolute Gasteiger partial charge is 0.160 e. The Bertz CT molecular complexity index is 905. The van der Waals surface area contributed by atoms with Gasteiger partial charge in [-0.2, -0.15) is 0 Å². The summed E-state index contributed by atoms with van der Waals surface area (Å²) in [5.74, 6) is 0. The minimum absolute atomic E-state index is 0.0590. The Balaban J connectivity index is 1.91. The number of nitrogens with two attached hydrogens (primary N) is 1. The second-order valence-electron chi connectivity index (χ2n) is 6.18. The maximum absolute atomic E-state index is 6.29. The van der Waals surface area contributed by atoms with Crippen LogP contribution in [-0.2, 0) is 0 Å². The van der Waals surface area contributed by atoms with E-state index in [9.17, 15) is 0 Å². The first kappa shape index (κ1) is 18.6. The maximum atomic E-state index is 6.29. The van der Waals surface area contributed by atoms with E-state index in [1.165, 1.54) is 16.7 Å². The van der Waals surface area contributed by atoms with Crippen LogP contribution in [0.3, 0.4) is 0 Å². The molecule has 4 heteroatoms. The van der Waals surface area contributed by atoms with Crippen LogP contribution in [0, 0.1) is 13.8 Å². The first-order chi connectivity index (χ1) is 12.5. The number of aryl methyl sites for hydroxylation is 2. The van der Waals surface area contributed by atoms with Gasteiger partial charge in [-0.25, -0.2) is 4.99 Å². The van der Waals surface area contributed by atoms with Crippen LogP contribution in [0.1, 0.15) is 27.5 Å². The third-order valence-electron chi connectivity index (χ3n) is 4.24. The summed E-state index contributed by atoms with van der Waals surface area (Å²) in [4.78, 5) is 4.60. The fourth-order valence-corrected chi connectivity index (χ4v) is 3.78. The lowest BCUT2D eigenvalue weighted by molar-refractivity contribution is 1.16. The molecule has 0 aliphatic heterocycles. The van der Waals surface area contributed by atoms with E-state index in [0.717, 1.165) is 16.3 Å². The highest BCUT2D eigenvalue weighted by atomic mass is 35.5. The molecule has 0 saturated heterocycles. The highest BCUT2D eigenvalue weighted by Gasteiger charge is 2.16. The third kappa shape index (κ3) is 4.69. The van der Waals surface area contributed by atoms with Crippen LogP contribution in [0.25, 0.3) is 0 Å². The predicted octanol–water partition coefficient (Wildman–Crippen LogP) is 6.43. The molecule has 3 aromatic rings. The van der Waals surface area contributed by atoms with Crippen molar-refractivity contribution in [2.75, 3.05) is 0 Å². The lowest BCUT2D eigenvalue weighted by Crippen LogP contribution is -2.10. The van der Waals surface area contributed by atoms with Gasteiger partial charge in [-0.1, -0.05) is 71.9 Å². The van der Waals surface area contributed by atoms with E-state index in [-0.39, 0.29) is 5.25 Å². The van der Waals surface area contributed by atoms with Crippen molar-refractivity contribution in [1.82, 2.24) is 0 Å². The largest absolute Gasteiger partial charge is 0.378 e. The van der Waals surface area contributed by atoms with Crippen LogP contribution in [-0.4, -0.2) is 5.17 Å². The molecular formula is C22H21ClN2S. The summed E-state index contributed by atoms with van der Waals surface area (Å²) in [7, 11) is 0. The topological polar surface area (TPSA) is 38.4 Å². The summed E-state index contributed by atoms with van der Waals surface area (Å²) in [6.07, 6.45) is 0. The van der Waals surface area contributed by atoms with E-state index in [4.69, 9.17) is 17.3 Å². The fraction of sp³-hybridized carbons (Fsp3) is 0.136. The Morgan fingerprint density at radius 3 is 2.19 bits per heavy atom. The van der Waals surface area contributed by atoms with Gasteiger partial charge in [0.25, 0.3) is 0 Å². The maximum Gasteiger partial charge on any atom is 0.160 e. The normalized spacial score (nSPS) is 12.8. The molecule has 2 N–H and O–H groups in total. The average Bonchev–Trinajstić information content (AvgIpc) is 2.64. The summed E-state index contributed by atoms with van der Waals surface area (Å²) >= 11 is 7.59. The molecule has 26 heavy (non-hydrogen) atoms. The molecule has 3 aromatic carbocycles. The lowest BCUT2D eigenvalue weighted by Gasteiger charge is -2.17. The van der Waals surface area contributed by atoms with Gasteiger partial charge in [0.15, 0.2) is 5.17 Å². The minimum Gasteiger partial charge on any atom is -0.378 e. The number of halogens is 1. The Hall–Kier alpha value is -2.23. The van der Waals surface area contributed by atoms with Crippen LogP contribution in [0.15, 0.2) is 77.8 Å². The number of hydrogen-bond donors (Lipinski definition) is 1. The van der Waals surface area contributed by atoms with E-state index in [1.807, 2.05) is 48.5 Å². The molecule has 0 amide bonds. The SMILES string of the molecule is Cc1ccc(N=C(N)S[C@H](c2ccccc2)c2ccc(Cl)cc2)cc1C. The monoisotopic (exact) mass is 380 g/mol. The number of benzene rings is 3. The lowest BCUT2D eigenvalue weighted by atomic mass is 10.0. The van der Waals surface area contributed by atoms with Crippen molar-refractivity contribution in [3.8, 4) is 0 Å². The number of aliphatic imine (C=N–C) groups is 1. The number of thioether (sulfide) groups is 1. The van der Waals surface area contributed by atoms with Gasteiger partial charge in [-0.3, -0.25) is 0 Å². The second-order valence-corrected chi connectivity index (χ2v) is 7.74. The van der Waals surface area contributed by atoms with Crippen LogP contribution in [0.4, 0.5) is 5.69 Å². The zero-order valence-electron chi connectivity index (χ0n) is 14.8. The van der Waals surface area contributed by atoms with E-state index < -0.39 is 0 Å². The molecule has 0 aliphatic carbocycles. The van der Waals surface area contributed by atoms with E-state index >= 15 is 0 Å². The minimum atomic E-state index is 0.0590. The van der Waals surface area contributed by atoms with Gasteiger partial charge in [0.2, 0.25) is 0 Å². The van der Waals surface area contributed by atoms with Gasteiger partial charge in [-0.15, -0.1) is 0 Å². The van der Waals surface area contributed by atoms with Crippen LogP contribution in [0.2, 0.25) is 5.02 Å². The van der Waals surface area contributed by atoms with Crippen molar-refractivity contribution in [3.05, 3.63) is 100 Å². The summed E-state index contributed by atoms with van der Waals surface area (Å²) in [6.45, 7) is 4.17. The average molecular weight is 381 g/mol. The highest BCUT2D eigenvalue weighted by molar-refractivity contribution is 8.14. The van der Waals surface area contributed by atoms with Crippen molar-refractivity contribution >= 4 is 34.2 Å².